The molecule has 0 aromatic carbocycles. The molecule has 0 aliphatic heterocycles. The summed E-state index contributed by atoms with van der Waals surface area (Å²) in [7, 11) is 1.78. The van der Waals surface area contributed by atoms with Crippen LogP contribution < -0.4 is 5.32 Å². The highest BCUT2D eigenvalue weighted by atomic mass is 16.5. The molecule has 1 aromatic rings. The molecule has 0 spiro atoms. The molecular formula is C15H27N3O3. The van der Waals surface area contributed by atoms with Gasteiger partial charge in [0.25, 0.3) is 0 Å². The number of aryl methyl sites for hydroxylation is 1. The minimum Gasteiger partial charge on any atom is -0.462 e. The molecule has 0 aliphatic rings. The van der Waals surface area contributed by atoms with Crippen molar-refractivity contribution in [1.29, 1.82) is 0 Å². The van der Waals surface area contributed by atoms with Gasteiger partial charge in [-0.2, -0.15) is 5.10 Å². The van der Waals surface area contributed by atoms with Crippen LogP contribution in [0.5, 0.6) is 0 Å². The molecule has 6 heteroatoms. The summed E-state index contributed by atoms with van der Waals surface area (Å²) < 4.78 is 6.65. The molecule has 0 aliphatic carbocycles. The summed E-state index contributed by atoms with van der Waals surface area (Å²) in [6, 6.07) is 0. The van der Waals surface area contributed by atoms with Crippen LogP contribution in [-0.4, -0.2) is 40.1 Å². The van der Waals surface area contributed by atoms with Crippen LogP contribution in [0.4, 0.5) is 0 Å². The number of aromatic nitrogens is 2. The van der Waals surface area contributed by atoms with Crippen LogP contribution in [-0.2, 0) is 18.3 Å². The molecule has 1 rings (SSSR count). The molecule has 1 heterocycles. The molecule has 0 fully saturated rings. The summed E-state index contributed by atoms with van der Waals surface area (Å²) in [4.78, 5) is 11.8. The maximum Gasteiger partial charge on any atom is 0.341 e. The van der Waals surface area contributed by atoms with Crippen molar-refractivity contribution in [3.8, 4) is 0 Å². The smallest absolute Gasteiger partial charge is 0.341 e. The van der Waals surface area contributed by atoms with E-state index in [0.717, 1.165) is 12.1 Å². The number of nitrogens with zero attached hydrogens (tertiary/aromatic N) is 2. The molecule has 6 nitrogen and oxygen atoms in total. The third-order valence-electron chi connectivity index (χ3n) is 3.08. The second-order valence-electron chi connectivity index (χ2n) is 6.40. The average Bonchev–Trinajstić information content (AvgIpc) is 2.69. The molecular weight excluding hydrogens is 270 g/mol. The molecule has 0 saturated heterocycles. The van der Waals surface area contributed by atoms with E-state index in [0.29, 0.717) is 25.3 Å². The summed E-state index contributed by atoms with van der Waals surface area (Å²) in [6.45, 7) is 9.33. The van der Waals surface area contributed by atoms with Crippen molar-refractivity contribution in [3.63, 3.8) is 0 Å². The van der Waals surface area contributed by atoms with Crippen LogP contribution >= 0.6 is 0 Å². The van der Waals surface area contributed by atoms with E-state index in [1.807, 2.05) is 0 Å². The topological polar surface area (TPSA) is 76.4 Å². The van der Waals surface area contributed by atoms with E-state index in [4.69, 9.17) is 4.74 Å². The summed E-state index contributed by atoms with van der Waals surface area (Å²) >= 11 is 0. The van der Waals surface area contributed by atoms with Crippen molar-refractivity contribution >= 4 is 5.97 Å². The Balaban J connectivity index is 2.56. The summed E-state index contributed by atoms with van der Waals surface area (Å²) in [5, 5.41) is 17.2. The Labute approximate surface area is 126 Å². The van der Waals surface area contributed by atoms with Crippen molar-refractivity contribution in [1.82, 2.24) is 15.1 Å². The van der Waals surface area contributed by atoms with Crippen LogP contribution in [0.15, 0.2) is 6.20 Å². The molecule has 0 saturated carbocycles. The van der Waals surface area contributed by atoms with E-state index in [1.54, 1.807) is 18.7 Å². The lowest BCUT2D eigenvalue weighted by molar-refractivity contribution is 0.0524. The van der Waals surface area contributed by atoms with E-state index in [1.165, 1.54) is 6.20 Å². The average molecular weight is 297 g/mol. The Bertz CT molecular complexity index is 463. The van der Waals surface area contributed by atoms with Crippen molar-refractivity contribution in [3.05, 3.63) is 17.5 Å². The zero-order chi connectivity index (χ0) is 16.0. The second kappa shape index (κ2) is 7.56. The van der Waals surface area contributed by atoms with Gasteiger partial charge >= 0.3 is 5.97 Å². The fourth-order valence-electron chi connectivity index (χ4n) is 2.19. The minimum absolute atomic E-state index is 0.0870. The summed E-state index contributed by atoms with van der Waals surface area (Å²) in [5.41, 5.74) is 1.32. The third-order valence-corrected chi connectivity index (χ3v) is 3.08. The molecule has 2 N–H and O–H groups in total. The lowest BCUT2D eigenvalue weighted by Gasteiger charge is -2.22. The van der Waals surface area contributed by atoms with Gasteiger partial charge in [0.05, 0.1) is 24.6 Å². The normalized spacial score (nSPS) is 13.2. The van der Waals surface area contributed by atoms with Gasteiger partial charge in [0.1, 0.15) is 5.56 Å². The van der Waals surface area contributed by atoms with E-state index < -0.39 is 6.10 Å². The fraction of sp³-hybridized carbons (Fsp3) is 0.733. The minimum atomic E-state index is -0.413. The lowest BCUT2D eigenvalue weighted by atomic mass is 9.89. The number of carbonyl (C=O) groups excluding carboxylic acids is 1. The van der Waals surface area contributed by atoms with Crippen LogP contribution in [0.3, 0.4) is 0 Å². The molecule has 1 unspecified atom stereocenters. The molecule has 0 amide bonds. The highest BCUT2D eigenvalue weighted by Crippen LogP contribution is 2.20. The highest BCUT2D eigenvalue weighted by Gasteiger charge is 2.19. The van der Waals surface area contributed by atoms with Crippen molar-refractivity contribution in [2.24, 2.45) is 12.5 Å². The first-order valence-electron chi connectivity index (χ1n) is 7.31. The first-order valence-corrected chi connectivity index (χ1v) is 7.31. The highest BCUT2D eigenvalue weighted by molar-refractivity contribution is 5.90. The van der Waals surface area contributed by atoms with E-state index in [-0.39, 0.29) is 11.4 Å². The fourth-order valence-corrected chi connectivity index (χ4v) is 2.19. The Morgan fingerprint density at radius 1 is 1.52 bits per heavy atom. The molecule has 120 valence electrons. The van der Waals surface area contributed by atoms with E-state index in [2.05, 4.69) is 31.2 Å². The quantitative estimate of drug-likeness (QED) is 0.746. The Morgan fingerprint density at radius 2 is 2.19 bits per heavy atom. The lowest BCUT2D eigenvalue weighted by Crippen LogP contribution is -2.30. The number of rotatable bonds is 7. The standard InChI is InChI=1S/C15H27N3O3/c1-6-21-14(20)12-9-17-18(5)13(12)10-16-8-11(19)7-15(2,3)4/h9,11,16,19H,6-8,10H2,1-5H3. The molecule has 0 bridgehead atoms. The van der Waals surface area contributed by atoms with Crippen molar-refractivity contribution in [2.75, 3.05) is 13.2 Å². The Hall–Kier alpha value is -1.40. The number of hydrogen-bond donors (Lipinski definition) is 2. The zero-order valence-corrected chi connectivity index (χ0v) is 13.6. The number of aliphatic hydroxyl groups is 1. The molecule has 1 aromatic heterocycles. The number of nitrogens with one attached hydrogen (secondary N) is 1. The van der Waals surface area contributed by atoms with Gasteiger partial charge in [-0.1, -0.05) is 20.8 Å². The first kappa shape index (κ1) is 17.7. The Kier molecular flexibility index (Phi) is 6.36. The van der Waals surface area contributed by atoms with Crippen LogP contribution in [0, 0.1) is 5.41 Å². The van der Waals surface area contributed by atoms with Gasteiger partial charge in [-0.05, 0) is 18.8 Å². The first-order chi connectivity index (χ1) is 9.74. The van der Waals surface area contributed by atoms with Crippen molar-refractivity contribution in [2.45, 2.75) is 46.8 Å². The number of carbonyl (C=O) groups is 1. The predicted octanol–water partition coefficient (Wildman–Crippen LogP) is 1.48. The van der Waals surface area contributed by atoms with E-state index >= 15 is 0 Å². The van der Waals surface area contributed by atoms with Gasteiger partial charge in [-0.3, -0.25) is 4.68 Å². The summed E-state index contributed by atoms with van der Waals surface area (Å²) in [5.74, 6) is -0.363. The Morgan fingerprint density at radius 3 is 2.76 bits per heavy atom. The van der Waals surface area contributed by atoms with Gasteiger partial charge in [-0.15, -0.1) is 0 Å². The van der Waals surface area contributed by atoms with Crippen LogP contribution in [0.1, 0.15) is 50.2 Å². The largest absolute Gasteiger partial charge is 0.462 e. The SMILES string of the molecule is CCOC(=O)c1cnn(C)c1CNCC(O)CC(C)(C)C. The van der Waals surface area contributed by atoms with Gasteiger partial charge in [0.15, 0.2) is 0 Å². The van der Waals surface area contributed by atoms with Gasteiger partial charge < -0.3 is 15.2 Å². The van der Waals surface area contributed by atoms with E-state index in [9.17, 15) is 9.90 Å². The van der Waals surface area contributed by atoms with Gasteiger partial charge in [0, 0.05) is 20.1 Å². The summed E-state index contributed by atoms with van der Waals surface area (Å²) in [6.07, 6.45) is 1.82. The van der Waals surface area contributed by atoms with Gasteiger partial charge in [-0.25, -0.2) is 4.79 Å². The van der Waals surface area contributed by atoms with Crippen LogP contribution in [0.25, 0.3) is 0 Å². The maximum absolute atomic E-state index is 11.8. The van der Waals surface area contributed by atoms with Crippen LogP contribution in [0.2, 0.25) is 0 Å². The number of aliphatic hydroxyl groups excluding tert-OH is 1. The number of hydrogen-bond acceptors (Lipinski definition) is 5. The second-order valence-corrected chi connectivity index (χ2v) is 6.40. The van der Waals surface area contributed by atoms with Gasteiger partial charge in [0.2, 0.25) is 0 Å². The number of esters is 1. The third kappa shape index (κ3) is 5.85. The molecule has 21 heavy (non-hydrogen) atoms. The monoisotopic (exact) mass is 297 g/mol. The predicted molar refractivity (Wildman–Crippen MR) is 81.0 cm³/mol. The molecule has 0 radical (unpaired) electrons. The molecule has 1 atom stereocenters. The van der Waals surface area contributed by atoms with Crippen molar-refractivity contribution < 1.29 is 14.6 Å². The maximum atomic E-state index is 11.8. The zero-order valence-electron chi connectivity index (χ0n) is 13.6. The number of ether oxygens (including phenoxy) is 1.